The summed E-state index contributed by atoms with van der Waals surface area (Å²) in [6.45, 7) is 1.79. The molecule has 1 N–H and O–H groups in total. The first-order valence-corrected chi connectivity index (χ1v) is 7.78. The lowest BCUT2D eigenvalue weighted by molar-refractivity contribution is -0.142. The summed E-state index contributed by atoms with van der Waals surface area (Å²) in [7, 11) is 0. The first-order chi connectivity index (χ1) is 10.6. The number of carbonyl (C=O) groups is 3. The van der Waals surface area contributed by atoms with Crippen LogP contribution in [0.2, 0.25) is 0 Å². The minimum absolute atomic E-state index is 0.172. The molecule has 5 nitrogen and oxygen atoms in total. The van der Waals surface area contributed by atoms with Gasteiger partial charge in [-0.2, -0.15) is 0 Å². The van der Waals surface area contributed by atoms with Crippen LogP contribution in [0.1, 0.15) is 31.2 Å². The van der Waals surface area contributed by atoms with Gasteiger partial charge in [-0.25, -0.2) is 0 Å². The summed E-state index contributed by atoms with van der Waals surface area (Å²) in [6.07, 6.45) is 3.52. The summed E-state index contributed by atoms with van der Waals surface area (Å²) in [5.41, 5.74) is 1.78. The SMILES string of the molecule is Cc1ccc(NC(=O)CN2C(=O)[C@@H]3CCCC[C@H]3C2=O)cc1. The Morgan fingerprint density at radius 2 is 1.64 bits per heavy atom. The number of fused-ring (bicyclic) bond motifs is 1. The topological polar surface area (TPSA) is 66.5 Å². The number of nitrogens with one attached hydrogen (secondary N) is 1. The molecule has 3 amide bonds. The normalized spacial score (nSPS) is 24.3. The Labute approximate surface area is 129 Å². The van der Waals surface area contributed by atoms with E-state index in [2.05, 4.69) is 5.32 Å². The summed E-state index contributed by atoms with van der Waals surface area (Å²) in [5, 5.41) is 2.73. The van der Waals surface area contributed by atoms with E-state index in [-0.39, 0.29) is 36.1 Å². The Morgan fingerprint density at radius 3 is 2.18 bits per heavy atom. The lowest BCUT2D eigenvalue weighted by Gasteiger charge is -2.19. The molecule has 2 aliphatic rings. The van der Waals surface area contributed by atoms with Gasteiger partial charge in [-0.3, -0.25) is 19.3 Å². The number of benzene rings is 1. The molecule has 116 valence electrons. The zero-order valence-electron chi connectivity index (χ0n) is 12.7. The fourth-order valence-corrected chi connectivity index (χ4v) is 3.37. The average molecular weight is 300 g/mol. The molecule has 0 bridgehead atoms. The molecule has 3 rings (SSSR count). The van der Waals surface area contributed by atoms with Crippen LogP contribution in [0.15, 0.2) is 24.3 Å². The van der Waals surface area contributed by atoms with E-state index < -0.39 is 0 Å². The number of anilines is 1. The van der Waals surface area contributed by atoms with Gasteiger partial charge in [-0.1, -0.05) is 30.5 Å². The molecule has 1 aromatic carbocycles. The van der Waals surface area contributed by atoms with E-state index in [0.717, 1.165) is 36.1 Å². The molecule has 2 fully saturated rings. The largest absolute Gasteiger partial charge is 0.325 e. The van der Waals surface area contributed by atoms with Crippen molar-refractivity contribution in [3.8, 4) is 0 Å². The monoisotopic (exact) mass is 300 g/mol. The average Bonchev–Trinajstić information content (AvgIpc) is 2.75. The number of carbonyl (C=O) groups excluding carboxylic acids is 3. The predicted molar refractivity (Wildman–Crippen MR) is 82.0 cm³/mol. The van der Waals surface area contributed by atoms with Crippen molar-refractivity contribution in [1.29, 1.82) is 0 Å². The highest BCUT2D eigenvalue weighted by Gasteiger charge is 2.48. The van der Waals surface area contributed by atoms with Gasteiger partial charge < -0.3 is 5.32 Å². The molecule has 0 aromatic heterocycles. The quantitative estimate of drug-likeness (QED) is 0.869. The summed E-state index contributed by atoms with van der Waals surface area (Å²) in [4.78, 5) is 37.9. The van der Waals surface area contributed by atoms with Crippen molar-refractivity contribution in [3.63, 3.8) is 0 Å². The highest BCUT2D eigenvalue weighted by atomic mass is 16.2. The van der Waals surface area contributed by atoms with E-state index in [4.69, 9.17) is 0 Å². The van der Waals surface area contributed by atoms with Gasteiger partial charge in [-0.05, 0) is 31.9 Å². The molecule has 5 heteroatoms. The maximum absolute atomic E-state index is 12.3. The molecule has 22 heavy (non-hydrogen) atoms. The van der Waals surface area contributed by atoms with E-state index in [0.29, 0.717) is 5.69 Å². The van der Waals surface area contributed by atoms with Crippen molar-refractivity contribution < 1.29 is 14.4 Å². The molecule has 1 heterocycles. The molecule has 1 aliphatic heterocycles. The van der Waals surface area contributed by atoms with Gasteiger partial charge >= 0.3 is 0 Å². The Hall–Kier alpha value is -2.17. The van der Waals surface area contributed by atoms with Gasteiger partial charge in [0.1, 0.15) is 6.54 Å². The second-order valence-electron chi connectivity index (χ2n) is 6.17. The molecule has 2 atom stereocenters. The van der Waals surface area contributed by atoms with Crippen molar-refractivity contribution in [3.05, 3.63) is 29.8 Å². The third-order valence-corrected chi connectivity index (χ3v) is 4.57. The van der Waals surface area contributed by atoms with Crippen molar-refractivity contribution in [2.45, 2.75) is 32.6 Å². The van der Waals surface area contributed by atoms with E-state index >= 15 is 0 Å². The number of rotatable bonds is 3. The van der Waals surface area contributed by atoms with Gasteiger partial charge in [0.2, 0.25) is 17.7 Å². The van der Waals surface area contributed by atoms with Gasteiger partial charge in [0.25, 0.3) is 0 Å². The zero-order chi connectivity index (χ0) is 15.7. The van der Waals surface area contributed by atoms with Crippen molar-refractivity contribution in [1.82, 2.24) is 4.90 Å². The number of nitrogens with zero attached hydrogens (tertiary/aromatic N) is 1. The molecular formula is C17H20N2O3. The Balaban J connectivity index is 1.64. The van der Waals surface area contributed by atoms with E-state index in [1.165, 1.54) is 0 Å². The number of aryl methyl sites for hydroxylation is 1. The van der Waals surface area contributed by atoms with Gasteiger partial charge in [0.15, 0.2) is 0 Å². The minimum Gasteiger partial charge on any atom is -0.325 e. The third kappa shape index (κ3) is 2.75. The number of imide groups is 1. The molecule has 1 saturated heterocycles. The molecule has 1 aromatic rings. The zero-order valence-corrected chi connectivity index (χ0v) is 12.7. The second-order valence-corrected chi connectivity index (χ2v) is 6.17. The Morgan fingerprint density at radius 1 is 1.09 bits per heavy atom. The van der Waals surface area contributed by atoms with Crippen LogP contribution in [0, 0.1) is 18.8 Å². The van der Waals surface area contributed by atoms with E-state index in [1.54, 1.807) is 12.1 Å². The second kappa shape index (κ2) is 5.91. The van der Waals surface area contributed by atoms with Gasteiger partial charge in [0.05, 0.1) is 11.8 Å². The minimum atomic E-state index is -0.329. The van der Waals surface area contributed by atoms with Crippen LogP contribution in [0.4, 0.5) is 5.69 Å². The summed E-state index contributed by atoms with van der Waals surface area (Å²) >= 11 is 0. The smallest absolute Gasteiger partial charge is 0.244 e. The number of hydrogen-bond acceptors (Lipinski definition) is 3. The fraction of sp³-hybridized carbons (Fsp3) is 0.471. The van der Waals surface area contributed by atoms with E-state index in [1.807, 2.05) is 19.1 Å². The maximum Gasteiger partial charge on any atom is 0.244 e. The Kier molecular flexibility index (Phi) is 3.96. The number of amides is 3. The predicted octanol–water partition coefficient (Wildman–Crippen LogP) is 2.11. The van der Waals surface area contributed by atoms with Crippen LogP contribution < -0.4 is 5.32 Å². The molecule has 1 saturated carbocycles. The van der Waals surface area contributed by atoms with Crippen LogP contribution in [-0.2, 0) is 14.4 Å². The van der Waals surface area contributed by atoms with Crippen LogP contribution in [0.5, 0.6) is 0 Å². The van der Waals surface area contributed by atoms with E-state index in [9.17, 15) is 14.4 Å². The lowest BCUT2D eigenvalue weighted by Crippen LogP contribution is -2.38. The highest BCUT2D eigenvalue weighted by molar-refractivity contribution is 6.08. The highest BCUT2D eigenvalue weighted by Crippen LogP contribution is 2.37. The van der Waals surface area contributed by atoms with Crippen molar-refractivity contribution >= 4 is 23.4 Å². The van der Waals surface area contributed by atoms with Crippen LogP contribution >= 0.6 is 0 Å². The van der Waals surface area contributed by atoms with Crippen molar-refractivity contribution in [2.75, 3.05) is 11.9 Å². The standard InChI is InChI=1S/C17H20N2O3/c1-11-6-8-12(9-7-11)18-15(20)10-19-16(21)13-4-2-3-5-14(13)17(19)22/h6-9,13-14H,2-5,10H2,1H3,(H,18,20)/t13-,14-/m1/s1. The lowest BCUT2D eigenvalue weighted by atomic mass is 9.81. The molecule has 0 radical (unpaired) electrons. The first-order valence-electron chi connectivity index (χ1n) is 7.78. The maximum atomic E-state index is 12.3. The van der Waals surface area contributed by atoms with Gasteiger partial charge in [-0.15, -0.1) is 0 Å². The summed E-state index contributed by atoms with van der Waals surface area (Å²) in [5.74, 6) is -1.08. The molecule has 1 aliphatic carbocycles. The number of hydrogen-bond donors (Lipinski definition) is 1. The first kappa shape index (κ1) is 14.8. The van der Waals surface area contributed by atoms with Crippen LogP contribution in [-0.4, -0.2) is 29.2 Å². The van der Waals surface area contributed by atoms with Crippen LogP contribution in [0.25, 0.3) is 0 Å². The fourth-order valence-electron chi connectivity index (χ4n) is 3.37. The third-order valence-electron chi connectivity index (χ3n) is 4.57. The molecular weight excluding hydrogens is 280 g/mol. The summed E-state index contributed by atoms with van der Waals surface area (Å²) < 4.78 is 0. The molecule has 0 unspecified atom stereocenters. The summed E-state index contributed by atoms with van der Waals surface area (Å²) in [6, 6.07) is 7.41. The van der Waals surface area contributed by atoms with Crippen molar-refractivity contribution in [2.24, 2.45) is 11.8 Å². The van der Waals surface area contributed by atoms with Gasteiger partial charge in [0, 0.05) is 5.69 Å². The van der Waals surface area contributed by atoms with Crippen LogP contribution in [0.3, 0.4) is 0 Å². The number of likely N-dealkylation sites (tertiary alicyclic amines) is 1. The Bertz CT molecular complexity index is 585. The molecule has 0 spiro atoms.